The molecule has 2 heterocycles. The first-order valence-corrected chi connectivity index (χ1v) is 20.2. The summed E-state index contributed by atoms with van der Waals surface area (Å²) in [6.45, 7) is 0. The van der Waals surface area contributed by atoms with Gasteiger partial charge in [0.05, 0.1) is 5.69 Å². The van der Waals surface area contributed by atoms with Gasteiger partial charge in [0.1, 0.15) is 11.2 Å². The van der Waals surface area contributed by atoms with Crippen molar-refractivity contribution in [3.8, 4) is 44.5 Å². The Hall–Kier alpha value is -7.20. The van der Waals surface area contributed by atoms with Gasteiger partial charge in [-0.25, -0.2) is 0 Å². The summed E-state index contributed by atoms with van der Waals surface area (Å²) in [5, 5.41) is 4.84. The number of fused-ring (bicyclic) bond motifs is 6. The second-order valence-electron chi connectivity index (χ2n) is 14.4. The third-order valence-corrected chi connectivity index (χ3v) is 12.2. The first kappa shape index (κ1) is 33.2. The van der Waals surface area contributed by atoms with Gasteiger partial charge < -0.3 is 9.32 Å². The van der Waals surface area contributed by atoms with Crippen LogP contribution in [0.4, 0.5) is 17.1 Å². The number of hydrogen-bond acceptors (Lipinski definition) is 3. The molecule has 0 bridgehead atoms. The Bertz CT molecular complexity index is 3230. The fourth-order valence-corrected chi connectivity index (χ4v) is 9.66. The van der Waals surface area contributed by atoms with E-state index in [1.807, 2.05) is 23.5 Å². The normalized spacial score (nSPS) is 11.5. The molecule has 0 saturated heterocycles. The van der Waals surface area contributed by atoms with Gasteiger partial charge in [-0.1, -0.05) is 158 Å². The first-order valence-electron chi connectivity index (χ1n) is 19.3. The molecule has 0 saturated carbocycles. The van der Waals surface area contributed by atoms with Gasteiger partial charge in [-0.3, -0.25) is 0 Å². The Labute approximate surface area is 335 Å². The van der Waals surface area contributed by atoms with E-state index in [9.17, 15) is 0 Å². The number of nitrogens with zero attached hydrogens (tertiary/aromatic N) is 1. The van der Waals surface area contributed by atoms with Gasteiger partial charge in [-0.15, -0.1) is 11.3 Å². The van der Waals surface area contributed by atoms with E-state index in [-0.39, 0.29) is 0 Å². The molecule has 0 aliphatic rings. The molecule has 0 aliphatic carbocycles. The summed E-state index contributed by atoms with van der Waals surface area (Å²) in [5.74, 6) is 0. The SMILES string of the molecule is c1ccc(-c2ccccc2-c2c(-c3ccccc3)cccc2N(c2ccc(-c3cccc4sc5ccccc5c34)cc2)c2ccc3c(c2)oc2ccccc23)cc1. The molecule has 268 valence electrons. The minimum absolute atomic E-state index is 0.858. The molecule has 11 rings (SSSR count). The Morgan fingerprint density at radius 2 is 0.912 bits per heavy atom. The van der Waals surface area contributed by atoms with Crippen LogP contribution in [0.1, 0.15) is 0 Å². The predicted octanol–water partition coefficient (Wildman–Crippen LogP) is 16.1. The largest absolute Gasteiger partial charge is 0.456 e. The van der Waals surface area contributed by atoms with Crippen LogP contribution in [0.2, 0.25) is 0 Å². The molecule has 0 amide bonds. The van der Waals surface area contributed by atoms with Crippen LogP contribution in [0, 0.1) is 0 Å². The summed E-state index contributed by atoms with van der Waals surface area (Å²) in [4.78, 5) is 2.40. The van der Waals surface area contributed by atoms with Crippen LogP contribution in [0.3, 0.4) is 0 Å². The van der Waals surface area contributed by atoms with E-state index >= 15 is 0 Å². The second-order valence-corrected chi connectivity index (χ2v) is 15.5. The molecule has 0 radical (unpaired) electrons. The smallest absolute Gasteiger partial charge is 0.137 e. The lowest BCUT2D eigenvalue weighted by atomic mass is 9.87. The van der Waals surface area contributed by atoms with Crippen LogP contribution < -0.4 is 4.90 Å². The summed E-state index contributed by atoms with van der Waals surface area (Å²) in [6.07, 6.45) is 0. The van der Waals surface area contributed by atoms with E-state index in [1.165, 1.54) is 53.6 Å². The molecule has 0 unspecified atom stereocenters. The number of furan rings is 1. The minimum Gasteiger partial charge on any atom is -0.456 e. The van der Waals surface area contributed by atoms with Crippen molar-refractivity contribution in [1.29, 1.82) is 0 Å². The molecular weight excluding hydrogens is 711 g/mol. The summed E-state index contributed by atoms with van der Waals surface area (Å²) in [7, 11) is 0. The lowest BCUT2D eigenvalue weighted by Crippen LogP contribution is -2.12. The zero-order valence-electron chi connectivity index (χ0n) is 31.0. The molecule has 11 aromatic rings. The fourth-order valence-electron chi connectivity index (χ4n) is 8.52. The maximum atomic E-state index is 6.52. The molecule has 0 aliphatic heterocycles. The monoisotopic (exact) mass is 745 g/mol. The third kappa shape index (κ3) is 5.71. The number of benzene rings is 9. The topological polar surface area (TPSA) is 16.4 Å². The average molecular weight is 746 g/mol. The van der Waals surface area contributed by atoms with Crippen molar-refractivity contribution < 1.29 is 4.42 Å². The number of hydrogen-bond donors (Lipinski definition) is 0. The number of para-hydroxylation sites is 1. The van der Waals surface area contributed by atoms with Crippen LogP contribution in [0.15, 0.2) is 217 Å². The summed E-state index contributed by atoms with van der Waals surface area (Å²) in [6, 6.07) is 76.4. The van der Waals surface area contributed by atoms with E-state index in [0.29, 0.717) is 0 Å². The van der Waals surface area contributed by atoms with Crippen molar-refractivity contribution in [3.63, 3.8) is 0 Å². The molecule has 0 spiro atoms. The zero-order chi connectivity index (χ0) is 37.7. The highest BCUT2D eigenvalue weighted by Crippen LogP contribution is 2.49. The van der Waals surface area contributed by atoms with Crippen LogP contribution >= 0.6 is 11.3 Å². The van der Waals surface area contributed by atoms with Gasteiger partial charge >= 0.3 is 0 Å². The molecule has 9 aromatic carbocycles. The van der Waals surface area contributed by atoms with Gasteiger partial charge in [0.15, 0.2) is 0 Å². The van der Waals surface area contributed by atoms with E-state index in [1.54, 1.807) is 0 Å². The van der Waals surface area contributed by atoms with Crippen LogP contribution in [0.5, 0.6) is 0 Å². The second kappa shape index (κ2) is 13.8. The Balaban J connectivity index is 1.16. The summed E-state index contributed by atoms with van der Waals surface area (Å²) < 4.78 is 9.13. The molecular formula is C54H35NOS. The zero-order valence-corrected chi connectivity index (χ0v) is 31.8. The number of anilines is 3. The number of rotatable bonds is 7. The maximum absolute atomic E-state index is 6.52. The highest BCUT2D eigenvalue weighted by Gasteiger charge is 2.24. The van der Waals surface area contributed by atoms with E-state index in [4.69, 9.17) is 4.42 Å². The highest BCUT2D eigenvalue weighted by atomic mass is 32.1. The van der Waals surface area contributed by atoms with Crippen LogP contribution in [-0.4, -0.2) is 0 Å². The highest BCUT2D eigenvalue weighted by molar-refractivity contribution is 7.25. The molecule has 0 N–H and O–H groups in total. The van der Waals surface area contributed by atoms with E-state index in [0.717, 1.165) is 50.1 Å². The number of thiophene rings is 1. The first-order chi connectivity index (χ1) is 28.3. The molecule has 57 heavy (non-hydrogen) atoms. The fraction of sp³-hybridized carbons (Fsp3) is 0. The van der Waals surface area contributed by atoms with Crippen molar-refractivity contribution in [1.82, 2.24) is 0 Å². The Morgan fingerprint density at radius 1 is 0.351 bits per heavy atom. The molecule has 2 aromatic heterocycles. The van der Waals surface area contributed by atoms with E-state index < -0.39 is 0 Å². The molecule has 3 heteroatoms. The van der Waals surface area contributed by atoms with Crippen molar-refractivity contribution in [2.45, 2.75) is 0 Å². The standard InChI is InChI=1S/C54H35NOS/c1-3-15-36(16-4-1)41-19-7-8-21-46(41)53-42(37-17-5-2-6-18-37)23-13-25-48(53)55(40-33-34-45-44-20-9-11-26-49(44)56-50(45)35-40)39-31-29-38(30-32-39)43-24-14-28-52-54(43)47-22-10-12-27-51(47)57-52/h1-35H. The van der Waals surface area contributed by atoms with Crippen LogP contribution in [-0.2, 0) is 0 Å². The summed E-state index contributed by atoms with van der Waals surface area (Å²) >= 11 is 1.86. The van der Waals surface area contributed by atoms with Gasteiger partial charge in [0.25, 0.3) is 0 Å². The lowest BCUT2D eigenvalue weighted by Gasteiger charge is -2.30. The molecule has 0 atom stereocenters. The van der Waals surface area contributed by atoms with Gasteiger partial charge in [-0.2, -0.15) is 0 Å². The molecule has 0 fully saturated rings. The summed E-state index contributed by atoms with van der Waals surface area (Å²) in [5.41, 5.74) is 14.3. The third-order valence-electron chi connectivity index (χ3n) is 11.1. The van der Waals surface area contributed by atoms with Crippen molar-refractivity contribution in [3.05, 3.63) is 212 Å². The quantitative estimate of drug-likeness (QED) is 0.162. The van der Waals surface area contributed by atoms with Gasteiger partial charge in [-0.05, 0) is 87.5 Å². The van der Waals surface area contributed by atoms with E-state index in [2.05, 4.69) is 205 Å². The predicted molar refractivity (Wildman–Crippen MR) is 243 cm³/mol. The maximum Gasteiger partial charge on any atom is 0.137 e. The molecule has 2 nitrogen and oxygen atoms in total. The van der Waals surface area contributed by atoms with Crippen LogP contribution in [0.25, 0.3) is 86.6 Å². The Morgan fingerprint density at radius 3 is 1.72 bits per heavy atom. The minimum atomic E-state index is 0.858. The van der Waals surface area contributed by atoms with Gasteiger partial charge in [0, 0.05) is 53.9 Å². The van der Waals surface area contributed by atoms with Crippen molar-refractivity contribution >= 4 is 70.5 Å². The van der Waals surface area contributed by atoms with Crippen molar-refractivity contribution in [2.24, 2.45) is 0 Å². The average Bonchev–Trinajstić information content (AvgIpc) is 3.86. The Kier molecular flexibility index (Phi) is 8.04. The van der Waals surface area contributed by atoms with Crippen molar-refractivity contribution in [2.75, 3.05) is 4.90 Å². The van der Waals surface area contributed by atoms with Gasteiger partial charge in [0.2, 0.25) is 0 Å². The lowest BCUT2D eigenvalue weighted by molar-refractivity contribution is 0.669.